The molecule has 0 spiro atoms. The molecule has 5 aromatic carbocycles. The van der Waals surface area contributed by atoms with Gasteiger partial charge in [0.15, 0.2) is 0 Å². The van der Waals surface area contributed by atoms with Crippen LogP contribution in [0.4, 0.5) is 0 Å². The van der Waals surface area contributed by atoms with Gasteiger partial charge in [-0.25, -0.2) is 14.8 Å². The fourth-order valence-corrected chi connectivity index (χ4v) is 9.70. The summed E-state index contributed by atoms with van der Waals surface area (Å²) in [6.07, 6.45) is 6.97. The van der Waals surface area contributed by atoms with Crippen LogP contribution in [0, 0.1) is 13.8 Å². The molecule has 10 aromatic rings. The third-order valence-electron chi connectivity index (χ3n) is 12.5. The number of fused-ring (bicyclic) bond motifs is 3. The molecule has 11 rings (SSSR count). The van der Waals surface area contributed by atoms with E-state index in [1.807, 2.05) is 98.8 Å². The monoisotopic (exact) mass is 880 g/mol. The molecular formula is C52H38Cl2N6O4. The van der Waals surface area contributed by atoms with Gasteiger partial charge in [0, 0.05) is 60.9 Å². The summed E-state index contributed by atoms with van der Waals surface area (Å²) in [5, 5.41) is 23.3. The lowest BCUT2D eigenvalue weighted by Gasteiger charge is -2.26. The Morgan fingerprint density at radius 1 is 0.656 bits per heavy atom. The van der Waals surface area contributed by atoms with E-state index in [2.05, 4.69) is 38.1 Å². The lowest BCUT2D eigenvalue weighted by molar-refractivity contribution is 0.0698. The summed E-state index contributed by atoms with van der Waals surface area (Å²) >= 11 is 12.5. The van der Waals surface area contributed by atoms with Gasteiger partial charge in [-0.15, -0.1) is 0 Å². The molecule has 0 unspecified atom stereocenters. The number of aromatic nitrogens is 6. The van der Waals surface area contributed by atoms with Gasteiger partial charge in [0.1, 0.15) is 28.7 Å². The van der Waals surface area contributed by atoms with E-state index in [1.54, 1.807) is 18.3 Å². The molecule has 64 heavy (non-hydrogen) atoms. The minimum atomic E-state index is -1.09. The van der Waals surface area contributed by atoms with Crippen molar-refractivity contribution in [3.05, 3.63) is 149 Å². The summed E-state index contributed by atoms with van der Waals surface area (Å²) in [5.74, 6) is 0.816. The summed E-state index contributed by atoms with van der Waals surface area (Å²) in [7, 11) is 0. The first kappa shape index (κ1) is 39.7. The van der Waals surface area contributed by atoms with Crippen LogP contribution in [0.15, 0.2) is 131 Å². The van der Waals surface area contributed by atoms with Crippen LogP contribution in [-0.2, 0) is 0 Å². The van der Waals surface area contributed by atoms with Gasteiger partial charge in [-0.05, 0) is 105 Å². The van der Waals surface area contributed by atoms with Gasteiger partial charge in [0.2, 0.25) is 0 Å². The first-order valence-electron chi connectivity index (χ1n) is 21.2. The Kier molecular flexibility index (Phi) is 9.85. The van der Waals surface area contributed by atoms with Gasteiger partial charge in [0.05, 0.1) is 44.5 Å². The largest absolute Gasteiger partial charge is 0.478 e. The average molecular weight is 882 g/mol. The Bertz CT molecular complexity index is 3460. The quantitative estimate of drug-likeness (QED) is 0.158. The fraction of sp³-hybridized carbons (Fsp3) is 0.154. The molecule has 1 aliphatic rings. The molecule has 1 N–H and O–H groups in total. The van der Waals surface area contributed by atoms with Crippen LogP contribution in [0.25, 0.3) is 100 Å². The Labute approximate surface area is 377 Å². The van der Waals surface area contributed by atoms with E-state index in [-0.39, 0.29) is 11.6 Å². The number of aryl methyl sites for hydroxylation is 2. The second kappa shape index (κ2) is 15.9. The Balaban J connectivity index is 1.15. The van der Waals surface area contributed by atoms with E-state index >= 15 is 0 Å². The molecule has 5 heterocycles. The van der Waals surface area contributed by atoms with Crippen LogP contribution in [0.1, 0.15) is 60.0 Å². The molecule has 1 saturated carbocycles. The van der Waals surface area contributed by atoms with Gasteiger partial charge in [-0.3, -0.25) is 4.98 Å². The average Bonchev–Trinajstić information content (AvgIpc) is 4.02. The molecule has 0 bridgehead atoms. The highest BCUT2D eigenvalue weighted by Crippen LogP contribution is 2.47. The van der Waals surface area contributed by atoms with Crippen LogP contribution in [0.3, 0.4) is 0 Å². The van der Waals surface area contributed by atoms with Gasteiger partial charge in [0.25, 0.3) is 0 Å². The zero-order valence-corrected chi connectivity index (χ0v) is 36.3. The van der Waals surface area contributed by atoms with E-state index in [0.717, 1.165) is 93.2 Å². The van der Waals surface area contributed by atoms with Gasteiger partial charge >= 0.3 is 5.97 Å². The van der Waals surface area contributed by atoms with Crippen molar-refractivity contribution in [2.45, 2.75) is 52.0 Å². The first-order chi connectivity index (χ1) is 31.2. The standard InChI is InChI=1S/C52H38Cl2N6O4/c1-28-44(48(58-63-28)30-10-17-36(53)18-11-30)39-27-43-50(46(47(39)52(61)62)34-15-21-40-32(25-34)7-6-24-55-40)57-51(60(43)38-8-4-3-5-9-38)35-16-22-41-33(26-35)14-23-42(56-41)45-29(2)64-59-49(45)31-12-19-37(54)20-13-31/h6-7,10-27,38H,3-5,8-9H2,1-2H3,(H,61,62). The molecule has 0 saturated heterocycles. The number of imidazole rings is 1. The summed E-state index contributed by atoms with van der Waals surface area (Å²) < 4.78 is 13.9. The van der Waals surface area contributed by atoms with Crippen LogP contribution < -0.4 is 0 Å². The summed E-state index contributed by atoms with van der Waals surface area (Å²) in [6, 6.07) is 36.9. The van der Waals surface area contributed by atoms with Crippen molar-refractivity contribution in [2.75, 3.05) is 0 Å². The number of hydrogen-bond acceptors (Lipinski definition) is 8. The van der Waals surface area contributed by atoms with Crippen molar-refractivity contribution in [1.82, 2.24) is 29.8 Å². The van der Waals surface area contributed by atoms with Gasteiger partial charge < -0.3 is 18.7 Å². The number of carbonyl (C=O) groups is 1. The van der Waals surface area contributed by atoms with Crippen LogP contribution >= 0.6 is 23.2 Å². The molecule has 0 radical (unpaired) electrons. The fourth-order valence-electron chi connectivity index (χ4n) is 9.45. The molecule has 0 amide bonds. The topological polar surface area (TPSA) is 133 Å². The minimum absolute atomic E-state index is 0.106. The SMILES string of the molecule is Cc1onc(-c2ccc(Cl)cc2)c1-c1ccc2cc(-c3nc4c(-c5ccc6ncccc6c5)c(C(=O)O)c(-c5c(-c6ccc(Cl)cc6)noc5C)cc4n3C3CCCCC3)ccc2n1. The number of carboxylic acid groups (broad SMARTS) is 1. The molecule has 1 aliphatic carbocycles. The van der Waals surface area contributed by atoms with Crippen molar-refractivity contribution >= 4 is 62.0 Å². The normalized spacial score (nSPS) is 13.4. The van der Waals surface area contributed by atoms with Gasteiger partial charge in [-0.2, -0.15) is 0 Å². The van der Waals surface area contributed by atoms with E-state index < -0.39 is 5.97 Å². The maximum atomic E-state index is 13.9. The zero-order chi connectivity index (χ0) is 43.6. The molecule has 5 aromatic heterocycles. The van der Waals surface area contributed by atoms with Crippen LogP contribution in [0.2, 0.25) is 10.0 Å². The second-order valence-corrected chi connectivity index (χ2v) is 17.3. The Morgan fingerprint density at radius 3 is 1.97 bits per heavy atom. The number of aromatic carboxylic acids is 1. The third-order valence-corrected chi connectivity index (χ3v) is 13.0. The van der Waals surface area contributed by atoms with Crippen molar-refractivity contribution < 1.29 is 18.9 Å². The molecule has 0 aliphatic heterocycles. The van der Waals surface area contributed by atoms with E-state index in [4.69, 9.17) is 42.2 Å². The lowest BCUT2D eigenvalue weighted by Crippen LogP contribution is -2.14. The number of halogens is 2. The number of rotatable bonds is 8. The first-order valence-corrected chi connectivity index (χ1v) is 22.0. The van der Waals surface area contributed by atoms with E-state index in [1.165, 1.54) is 0 Å². The van der Waals surface area contributed by atoms with Crippen molar-refractivity contribution in [3.8, 4) is 67.4 Å². The predicted octanol–water partition coefficient (Wildman–Crippen LogP) is 14.2. The Morgan fingerprint density at radius 2 is 1.27 bits per heavy atom. The van der Waals surface area contributed by atoms with Crippen LogP contribution in [0.5, 0.6) is 0 Å². The molecule has 314 valence electrons. The van der Waals surface area contributed by atoms with E-state index in [0.29, 0.717) is 60.7 Å². The van der Waals surface area contributed by atoms with Crippen molar-refractivity contribution in [2.24, 2.45) is 0 Å². The van der Waals surface area contributed by atoms with Gasteiger partial charge in [-0.1, -0.05) is 95.2 Å². The highest BCUT2D eigenvalue weighted by molar-refractivity contribution is 6.31. The second-order valence-electron chi connectivity index (χ2n) is 16.4. The minimum Gasteiger partial charge on any atom is -0.478 e. The third kappa shape index (κ3) is 6.81. The molecule has 0 atom stereocenters. The lowest BCUT2D eigenvalue weighted by atomic mass is 9.88. The summed E-state index contributed by atoms with van der Waals surface area (Å²) in [6.45, 7) is 3.71. The molecule has 1 fully saturated rings. The predicted molar refractivity (Wildman–Crippen MR) is 252 cm³/mol. The highest BCUT2D eigenvalue weighted by atomic mass is 35.5. The zero-order valence-electron chi connectivity index (χ0n) is 34.8. The van der Waals surface area contributed by atoms with Crippen molar-refractivity contribution in [1.29, 1.82) is 0 Å². The van der Waals surface area contributed by atoms with Crippen LogP contribution in [-0.4, -0.2) is 40.9 Å². The molecular weight excluding hydrogens is 844 g/mol. The van der Waals surface area contributed by atoms with Crippen molar-refractivity contribution in [3.63, 3.8) is 0 Å². The maximum absolute atomic E-state index is 13.9. The number of hydrogen-bond donors (Lipinski definition) is 1. The van der Waals surface area contributed by atoms with E-state index in [9.17, 15) is 9.90 Å². The number of pyridine rings is 2. The number of carboxylic acids is 1. The highest BCUT2D eigenvalue weighted by Gasteiger charge is 2.32. The number of nitrogens with zero attached hydrogens (tertiary/aromatic N) is 6. The molecule has 12 heteroatoms. The molecule has 10 nitrogen and oxygen atoms in total. The number of benzene rings is 5. The Hall–Kier alpha value is -7.14. The summed E-state index contributed by atoms with van der Waals surface area (Å²) in [5.41, 5.74) is 10.7. The smallest absolute Gasteiger partial charge is 0.337 e. The summed E-state index contributed by atoms with van der Waals surface area (Å²) in [4.78, 5) is 29.1. The maximum Gasteiger partial charge on any atom is 0.337 e.